The highest BCUT2D eigenvalue weighted by Gasteiger charge is 2.17. The van der Waals surface area contributed by atoms with Crippen molar-refractivity contribution in [2.75, 3.05) is 31.1 Å². The minimum Gasteiger partial charge on any atom is -0.362 e. The van der Waals surface area contributed by atoms with Crippen LogP contribution in [0.2, 0.25) is 0 Å². The summed E-state index contributed by atoms with van der Waals surface area (Å²) in [5.74, 6) is 6.49. The van der Waals surface area contributed by atoms with E-state index in [1.54, 1.807) is 6.07 Å². The molecule has 2 aromatic heterocycles. The molecule has 3 heterocycles. The summed E-state index contributed by atoms with van der Waals surface area (Å²) < 4.78 is 12.8. The zero-order valence-corrected chi connectivity index (χ0v) is 12.7. The summed E-state index contributed by atoms with van der Waals surface area (Å²) in [7, 11) is 0. The van der Waals surface area contributed by atoms with E-state index in [-0.39, 0.29) is 0 Å². The second-order valence-corrected chi connectivity index (χ2v) is 5.23. The van der Waals surface area contributed by atoms with Crippen molar-refractivity contribution < 1.29 is 4.39 Å². The predicted octanol–water partition coefficient (Wildman–Crippen LogP) is 2.30. The summed E-state index contributed by atoms with van der Waals surface area (Å²) in [6.07, 6.45) is 3.23. The van der Waals surface area contributed by atoms with Crippen LogP contribution in [-0.2, 0) is 0 Å². The first kappa shape index (κ1) is 15.0. The van der Waals surface area contributed by atoms with Gasteiger partial charge in [0, 0.05) is 44.1 Å². The highest BCUT2D eigenvalue weighted by molar-refractivity contribution is 5.40. The number of rotatable bonds is 2. The highest BCUT2D eigenvalue weighted by Crippen LogP contribution is 2.14. The number of anilines is 1. The van der Waals surface area contributed by atoms with E-state index in [9.17, 15) is 4.39 Å². The zero-order chi connectivity index (χ0) is 16.1. The molecular formula is C18H17FN4. The molecule has 1 aliphatic heterocycles. The van der Waals surface area contributed by atoms with Gasteiger partial charge in [0.1, 0.15) is 5.82 Å². The van der Waals surface area contributed by atoms with Gasteiger partial charge in [-0.15, -0.1) is 0 Å². The lowest BCUT2D eigenvalue weighted by Crippen LogP contribution is -2.45. The Morgan fingerprint density at radius 3 is 2.57 bits per heavy atom. The molecule has 2 aromatic rings. The van der Waals surface area contributed by atoms with Crippen LogP contribution in [-0.4, -0.2) is 41.0 Å². The quantitative estimate of drug-likeness (QED) is 0.629. The molecule has 116 valence electrons. The number of nitrogens with zero attached hydrogens (tertiary/aromatic N) is 4. The van der Waals surface area contributed by atoms with Gasteiger partial charge in [0.2, 0.25) is 5.95 Å². The van der Waals surface area contributed by atoms with E-state index in [4.69, 9.17) is 0 Å². The number of allylic oxidation sites excluding steroid dienone is 1. The van der Waals surface area contributed by atoms with Crippen molar-refractivity contribution >= 4 is 5.82 Å². The molecule has 1 aliphatic rings. The maximum Gasteiger partial charge on any atom is 0.212 e. The van der Waals surface area contributed by atoms with Crippen molar-refractivity contribution in [3.05, 3.63) is 66.5 Å². The maximum absolute atomic E-state index is 12.8. The molecule has 1 saturated heterocycles. The van der Waals surface area contributed by atoms with Crippen LogP contribution in [0.1, 0.15) is 5.56 Å². The molecule has 23 heavy (non-hydrogen) atoms. The van der Waals surface area contributed by atoms with Crippen molar-refractivity contribution in [2.45, 2.75) is 0 Å². The fraction of sp³-hybridized carbons (Fsp3) is 0.222. The van der Waals surface area contributed by atoms with E-state index in [2.05, 4.69) is 38.2 Å². The number of hydrogen-bond donors (Lipinski definition) is 0. The Hall–Kier alpha value is -2.87. The summed E-state index contributed by atoms with van der Waals surface area (Å²) in [6, 6.07) is 8.85. The molecule has 0 aliphatic carbocycles. The van der Waals surface area contributed by atoms with Gasteiger partial charge < -0.3 is 9.80 Å². The molecule has 0 atom stereocenters. The topological polar surface area (TPSA) is 32.3 Å². The molecule has 0 N–H and O–H groups in total. The van der Waals surface area contributed by atoms with Gasteiger partial charge in [-0.1, -0.05) is 18.6 Å². The minimum atomic E-state index is -0.500. The Morgan fingerprint density at radius 1 is 1.09 bits per heavy atom. The Morgan fingerprint density at radius 2 is 1.91 bits per heavy atom. The predicted molar refractivity (Wildman–Crippen MR) is 88.2 cm³/mol. The highest BCUT2D eigenvalue weighted by atomic mass is 19.1. The lowest BCUT2D eigenvalue weighted by Gasteiger charge is -2.36. The molecule has 0 unspecified atom stereocenters. The summed E-state index contributed by atoms with van der Waals surface area (Å²) in [6.45, 7) is 7.51. The van der Waals surface area contributed by atoms with Crippen LogP contribution in [0.5, 0.6) is 0 Å². The fourth-order valence-electron chi connectivity index (χ4n) is 2.42. The largest absolute Gasteiger partial charge is 0.362 e. The van der Waals surface area contributed by atoms with Crippen LogP contribution in [0.3, 0.4) is 0 Å². The summed E-state index contributed by atoms with van der Waals surface area (Å²) in [5, 5.41) is 0. The average Bonchev–Trinajstić information content (AvgIpc) is 2.62. The van der Waals surface area contributed by atoms with Crippen LogP contribution in [0.25, 0.3) is 0 Å². The lowest BCUT2D eigenvalue weighted by molar-refractivity contribution is 0.333. The lowest BCUT2D eigenvalue weighted by atomic mass is 10.2. The van der Waals surface area contributed by atoms with E-state index in [1.165, 1.54) is 12.3 Å². The van der Waals surface area contributed by atoms with Crippen LogP contribution < -0.4 is 4.90 Å². The molecule has 0 bridgehead atoms. The molecule has 5 heteroatoms. The normalized spacial score (nSPS) is 14.1. The van der Waals surface area contributed by atoms with Crippen LogP contribution >= 0.6 is 0 Å². The van der Waals surface area contributed by atoms with Gasteiger partial charge in [0.25, 0.3) is 0 Å². The van der Waals surface area contributed by atoms with Crippen molar-refractivity contribution in [1.29, 1.82) is 0 Å². The zero-order valence-electron chi connectivity index (χ0n) is 12.7. The van der Waals surface area contributed by atoms with Gasteiger partial charge in [0.05, 0.1) is 5.70 Å². The average molecular weight is 308 g/mol. The third kappa shape index (κ3) is 3.86. The molecular weight excluding hydrogens is 291 g/mol. The number of halogens is 1. The van der Waals surface area contributed by atoms with E-state index in [0.717, 1.165) is 37.7 Å². The SMILES string of the molecule is C=C(C#Cc1ccc(F)nc1)N1CCN(c2ccccn2)CC1. The third-order valence-corrected chi connectivity index (χ3v) is 3.71. The van der Waals surface area contributed by atoms with Gasteiger partial charge in [-0.25, -0.2) is 9.97 Å². The first-order valence-corrected chi connectivity index (χ1v) is 7.46. The summed E-state index contributed by atoms with van der Waals surface area (Å²) in [4.78, 5) is 12.4. The number of pyridine rings is 2. The Balaban J connectivity index is 1.57. The van der Waals surface area contributed by atoms with Gasteiger partial charge >= 0.3 is 0 Å². The van der Waals surface area contributed by atoms with Gasteiger partial charge in [-0.3, -0.25) is 0 Å². The molecule has 0 saturated carbocycles. The molecule has 0 radical (unpaired) electrons. The number of hydrogen-bond acceptors (Lipinski definition) is 4. The van der Waals surface area contributed by atoms with Gasteiger partial charge in [-0.05, 0) is 30.2 Å². The van der Waals surface area contributed by atoms with Crippen molar-refractivity contribution in [1.82, 2.24) is 14.9 Å². The second-order valence-electron chi connectivity index (χ2n) is 5.23. The number of aromatic nitrogens is 2. The molecule has 4 nitrogen and oxygen atoms in total. The fourth-order valence-corrected chi connectivity index (χ4v) is 2.42. The van der Waals surface area contributed by atoms with E-state index in [1.807, 2.05) is 24.4 Å². The standard InChI is InChI=1S/C18H17FN4/c1-15(5-6-16-7-8-17(19)21-14-16)22-10-12-23(13-11-22)18-4-2-3-9-20-18/h2-4,7-9,14H,1,10-13H2. The third-order valence-electron chi connectivity index (χ3n) is 3.71. The van der Waals surface area contributed by atoms with Gasteiger partial charge in [-0.2, -0.15) is 4.39 Å². The Labute approximate surface area is 135 Å². The number of piperazine rings is 1. The monoisotopic (exact) mass is 308 g/mol. The first-order valence-electron chi connectivity index (χ1n) is 7.46. The van der Waals surface area contributed by atoms with E-state index < -0.39 is 5.95 Å². The molecule has 1 fully saturated rings. The molecule has 0 aromatic carbocycles. The van der Waals surface area contributed by atoms with Crippen LogP contribution in [0.15, 0.2) is 55.0 Å². The molecule has 3 rings (SSSR count). The van der Waals surface area contributed by atoms with Crippen LogP contribution in [0.4, 0.5) is 10.2 Å². The molecule has 0 amide bonds. The van der Waals surface area contributed by atoms with Crippen molar-refractivity contribution in [3.63, 3.8) is 0 Å². The van der Waals surface area contributed by atoms with E-state index in [0.29, 0.717) is 5.56 Å². The Bertz CT molecular complexity index is 723. The molecule has 0 spiro atoms. The summed E-state index contributed by atoms with van der Waals surface area (Å²) >= 11 is 0. The first-order chi connectivity index (χ1) is 11.2. The van der Waals surface area contributed by atoms with Gasteiger partial charge in [0.15, 0.2) is 0 Å². The maximum atomic E-state index is 12.8. The Kier molecular flexibility index (Phi) is 4.53. The van der Waals surface area contributed by atoms with Crippen molar-refractivity contribution in [3.8, 4) is 11.8 Å². The van der Waals surface area contributed by atoms with Crippen LogP contribution in [0, 0.1) is 17.8 Å². The second kappa shape index (κ2) is 6.93. The smallest absolute Gasteiger partial charge is 0.212 e. The summed E-state index contributed by atoms with van der Waals surface area (Å²) in [5.41, 5.74) is 1.45. The van der Waals surface area contributed by atoms with E-state index >= 15 is 0 Å². The van der Waals surface area contributed by atoms with Crippen molar-refractivity contribution in [2.24, 2.45) is 0 Å². The minimum absolute atomic E-state index is 0.500.